The van der Waals surface area contributed by atoms with Crippen LogP contribution in [0.4, 0.5) is 16.2 Å². The van der Waals surface area contributed by atoms with Crippen molar-refractivity contribution in [3.8, 4) is 0 Å². The van der Waals surface area contributed by atoms with Gasteiger partial charge in [0.05, 0.1) is 12.2 Å². The Bertz CT molecular complexity index is 721. The van der Waals surface area contributed by atoms with Crippen LogP contribution in [-0.4, -0.2) is 38.8 Å². The lowest BCUT2D eigenvalue weighted by Gasteiger charge is -2.29. The molecule has 2 amide bonds. The summed E-state index contributed by atoms with van der Waals surface area (Å²) in [7, 11) is 0. The summed E-state index contributed by atoms with van der Waals surface area (Å²) in [5, 5.41) is 5.92. The van der Waals surface area contributed by atoms with Crippen molar-refractivity contribution < 1.29 is 14.6 Å². The molecule has 0 aliphatic carbocycles. The largest absolute Gasteiger partial charge is 0.326 e. The van der Waals surface area contributed by atoms with Crippen molar-refractivity contribution in [2.45, 2.75) is 20.4 Å². The average Bonchev–Trinajstić information content (AvgIpc) is 2.66. The third-order valence-electron chi connectivity index (χ3n) is 5.18. The normalized spacial score (nSPS) is 19.8. The van der Waals surface area contributed by atoms with Crippen molar-refractivity contribution in [3.05, 3.63) is 59.7 Å². The summed E-state index contributed by atoms with van der Waals surface area (Å²) < 4.78 is 0. The maximum atomic E-state index is 12.4. The van der Waals surface area contributed by atoms with Crippen molar-refractivity contribution >= 4 is 17.4 Å². The van der Waals surface area contributed by atoms with E-state index in [1.807, 2.05) is 49.4 Å². The van der Waals surface area contributed by atoms with E-state index in [0.717, 1.165) is 17.9 Å². The quantitative estimate of drug-likeness (QED) is 0.635. The van der Waals surface area contributed by atoms with Gasteiger partial charge in [-0.05, 0) is 32.0 Å². The standard InChI is InChI=1S/C21H28N4O/c1-3-24-12-14-25(15-13-24)16-18-6-4-5-7-20(18)23-21(26)22-19-10-8-17(2)9-11-19/h4-11H,3,12-16H2,1-2H3,(H2,22,23,26)/p+2. The first-order valence-corrected chi connectivity index (χ1v) is 9.53. The predicted molar refractivity (Wildman–Crippen MR) is 106 cm³/mol. The molecule has 1 heterocycles. The minimum absolute atomic E-state index is 0.198. The average molecular weight is 354 g/mol. The van der Waals surface area contributed by atoms with E-state index < -0.39 is 0 Å². The number of urea groups is 1. The molecule has 138 valence electrons. The molecule has 1 aliphatic heterocycles. The summed E-state index contributed by atoms with van der Waals surface area (Å²) in [5.41, 5.74) is 4.07. The van der Waals surface area contributed by atoms with Crippen LogP contribution in [0.15, 0.2) is 48.5 Å². The monoisotopic (exact) mass is 354 g/mol. The van der Waals surface area contributed by atoms with Gasteiger partial charge in [-0.25, -0.2) is 4.79 Å². The number of piperazine rings is 1. The number of rotatable bonds is 5. The van der Waals surface area contributed by atoms with E-state index in [1.165, 1.54) is 43.9 Å². The number of likely N-dealkylation sites (N-methyl/N-ethyl adjacent to an activating group) is 1. The first-order chi connectivity index (χ1) is 12.6. The summed E-state index contributed by atoms with van der Waals surface area (Å²) in [5.74, 6) is 0. The number of para-hydroxylation sites is 1. The first-order valence-electron chi connectivity index (χ1n) is 9.53. The topological polar surface area (TPSA) is 50.0 Å². The summed E-state index contributed by atoms with van der Waals surface area (Å²) in [4.78, 5) is 15.6. The van der Waals surface area contributed by atoms with Gasteiger partial charge < -0.3 is 20.4 Å². The third-order valence-corrected chi connectivity index (χ3v) is 5.18. The number of carbonyl (C=O) groups is 1. The SMILES string of the molecule is CC[NH+]1CC[NH+](Cc2ccccc2NC(=O)Nc2ccc(C)cc2)CC1. The van der Waals surface area contributed by atoms with E-state index >= 15 is 0 Å². The molecule has 0 aromatic heterocycles. The molecule has 2 aromatic rings. The Morgan fingerprint density at radius 3 is 2.27 bits per heavy atom. The van der Waals surface area contributed by atoms with Crippen LogP contribution in [0.1, 0.15) is 18.1 Å². The van der Waals surface area contributed by atoms with Crippen molar-refractivity contribution in [3.63, 3.8) is 0 Å². The van der Waals surface area contributed by atoms with E-state index in [2.05, 4.69) is 23.6 Å². The van der Waals surface area contributed by atoms with Crippen LogP contribution in [0.2, 0.25) is 0 Å². The van der Waals surface area contributed by atoms with Gasteiger partial charge in [0.15, 0.2) is 0 Å². The molecule has 0 bridgehead atoms. The van der Waals surface area contributed by atoms with E-state index in [-0.39, 0.29) is 6.03 Å². The molecule has 26 heavy (non-hydrogen) atoms. The molecule has 0 saturated carbocycles. The molecule has 5 heteroatoms. The minimum atomic E-state index is -0.198. The number of hydrogen-bond acceptors (Lipinski definition) is 1. The number of aryl methyl sites for hydroxylation is 1. The summed E-state index contributed by atoms with van der Waals surface area (Å²) >= 11 is 0. The lowest BCUT2D eigenvalue weighted by atomic mass is 10.1. The highest BCUT2D eigenvalue weighted by Crippen LogP contribution is 2.15. The third kappa shape index (κ3) is 5.07. The zero-order valence-corrected chi connectivity index (χ0v) is 15.8. The minimum Gasteiger partial charge on any atom is -0.326 e. The number of quaternary nitrogens is 2. The fraction of sp³-hybridized carbons (Fsp3) is 0.381. The fourth-order valence-electron chi connectivity index (χ4n) is 3.47. The molecule has 0 atom stereocenters. The van der Waals surface area contributed by atoms with Crippen LogP contribution in [0, 0.1) is 6.92 Å². The second-order valence-electron chi connectivity index (χ2n) is 7.13. The number of benzene rings is 2. The highest BCUT2D eigenvalue weighted by Gasteiger charge is 2.22. The summed E-state index contributed by atoms with van der Waals surface area (Å²) in [6, 6.07) is 15.7. The lowest BCUT2D eigenvalue weighted by Crippen LogP contribution is -3.27. The number of carbonyl (C=O) groups excluding carboxylic acids is 1. The summed E-state index contributed by atoms with van der Waals surface area (Å²) in [6.07, 6.45) is 0. The van der Waals surface area contributed by atoms with Gasteiger partial charge in [-0.3, -0.25) is 0 Å². The number of amides is 2. The van der Waals surface area contributed by atoms with Crippen LogP contribution in [-0.2, 0) is 6.54 Å². The highest BCUT2D eigenvalue weighted by molar-refractivity contribution is 6.00. The van der Waals surface area contributed by atoms with Crippen LogP contribution < -0.4 is 20.4 Å². The molecule has 0 radical (unpaired) electrons. The molecule has 4 N–H and O–H groups in total. The van der Waals surface area contributed by atoms with Crippen LogP contribution in [0.25, 0.3) is 0 Å². The molecule has 3 rings (SSSR count). The van der Waals surface area contributed by atoms with Gasteiger partial charge in [-0.2, -0.15) is 0 Å². The highest BCUT2D eigenvalue weighted by atomic mass is 16.2. The van der Waals surface area contributed by atoms with Crippen LogP contribution in [0.3, 0.4) is 0 Å². The molecular weight excluding hydrogens is 324 g/mol. The Morgan fingerprint density at radius 1 is 0.923 bits per heavy atom. The van der Waals surface area contributed by atoms with Gasteiger partial charge in [0.1, 0.15) is 32.7 Å². The maximum Gasteiger partial charge on any atom is 0.323 e. The molecule has 5 nitrogen and oxygen atoms in total. The molecule has 1 saturated heterocycles. The summed E-state index contributed by atoms with van der Waals surface area (Å²) in [6.45, 7) is 11.3. The van der Waals surface area contributed by atoms with E-state index in [4.69, 9.17) is 0 Å². The number of anilines is 2. The molecule has 1 aliphatic rings. The van der Waals surface area contributed by atoms with Crippen molar-refractivity contribution in [1.82, 2.24) is 0 Å². The number of nitrogens with one attached hydrogen (secondary N) is 4. The van der Waals surface area contributed by atoms with Gasteiger partial charge in [0, 0.05) is 11.3 Å². The van der Waals surface area contributed by atoms with Crippen molar-refractivity contribution in [1.29, 1.82) is 0 Å². The molecule has 2 aromatic carbocycles. The molecule has 1 fully saturated rings. The van der Waals surface area contributed by atoms with Gasteiger partial charge in [0.25, 0.3) is 0 Å². The van der Waals surface area contributed by atoms with Crippen molar-refractivity contribution in [2.75, 3.05) is 43.4 Å². The van der Waals surface area contributed by atoms with E-state index in [0.29, 0.717) is 0 Å². The van der Waals surface area contributed by atoms with E-state index in [1.54, 1.807) is 9.80 Å². The second kappa shape index (κ2) is 8.83. The Kier molecular flexibility index (Phi) is 6.26. The first kappa shape index (κ1) is 18.4. The van der Waals surface area contributed by atoms with Gasteiger partial charge in [-0.15, -0.1) is 0 Å². The fourth-order valence-corrected chi connectivity index (χ4v) is 3.47. The predicted octanol–water partition coefficient (Wildman–Crippen LogP) is 0.942. The number of hydrogen-bond donors (Lipinski definition) is 4. The zero-order chi connectivity index (χ0) is 18.4. The Morgan fingerprint density at radius 2 is 1.58 bits per heavy atom. The van der Waals surface area contributed by atoms with Gasteiger partial charge in [0.2, 0.25) is 0 Å². The van der Waals surface area contributed by atoms with Crippen LogP contribution >= 0.6 is 0 Å². The molecular formula is C21H30N4O+2. The lowest BCUT2D eigenvalue weighted by molar-refractivity contribution is -1.02. The molecule has 0 spiro atoms. The maximum absolute atomic E-state index is 12.4. The Labute approximate surface area is 156 Å². The Balaban J connectivity index is 1.60. The smallest absolute Gasteiger partial charge is 0.323 e. The molecule has 0 unspecified atom stereocenters. The Hall–Kier alpha value is -2.37. The van der Waals surface area contributed by atoms with E-state index in [9.17, 15) is 4.79 Å². The van der Waals surface area contributed by atoms with Crippen molar-refractivity contribution in [2.24, 2.45) is 0 Å². The van der Waals surface area contributed by atoms with Gasteiger partial charge >= 0.3 is 6.03 Å². The van der Waals surface area contributed by atoms with Gasteiger partial charge in [-0.1, -0.05) is 35.9 Å². The second-order valence-corrected chi connectivity index (χ2v) is 7.13. The zero-order valence-electron chi connectivity index (χ0n) is 15.8. The van der Waals surface area contributed by atoms with Crippen LogP contribution in [0.5, 0.6) is 0 Å².